The molecule has 0 saturated heterocycles. The molecule has 35 heavy (non-hydrogen) atoms. The van der Waals surface area contributed by atoms with Crippen molar-refractivity contribution in [3.05, 3.63) is 115 Å². The van der Waals surface area contributed by atoms with Gasteiger partial charge in [-0.3, -0.25) is 4.18 Å². The first kappa shape index (κ1) is 27.1. The monoisotopic (exact) mass is 597 g/mol. The van der Waals surface area contributed by atoms with Gasteiger partial charge in [0.05, 0.1) is 7.11 Å². The summed E-state index contributed by atoms with van der Waals surface area (Å²) in [6, 6.07) is 42.9. The molecule has 0 aliphatic heterocycles. The van der Waals surface area contributed by atoms with Gasteiger partial charge in [0.15, 0.2) is 0 Å². The summed E-state index contributed by atoms with van der Waals surface area (Å²) >= 11 is -3.42. The van der Waals surface area contributed by atoms with E-state index in [2.05, 4.69) is 141 Å². The van der Waals surface area contributed by atoms with Crippen molar-refractivity contribution in [2.24, 2.45) is 0 Å². The molecule has 7 heteroatoms. The fourth-order valence-electron chi connectivity index (χ4n) is 4.22. The predicted octanol–water partition coefficient (Wildman–Crippen LogP) is 2.35. The Morgan fingerprint density at radius 3 is 1.14 bits per heavy atom. The third kappa shape index (κ3) is 6.59. The van der Waals surface area contributed by atoms with Crippen molar-refractivity contribution in [3.63, 3.8) is 0 Å². The van der Waals surface area contributed by atoms with E-state index in [4.69, 9.17) is 0 Å². The van der Waals surface area contributed by atoms with E-state index in [0.717, 1.165) is 11.6 Å². The van der Waals surface area contributed by atoms with Gasteiger partial charge < -0.3 is 4.55 Å². The Labute approximate surface area is 213 Å². The van der Waals surface area contributed by atoms with Crippen molar-refractivity contribution in [1.29, 1.82) is 0 Å². The number of benzene rings is 4. The van der Waals surface area contributed by atoms with Crippen LogP contribution in [0.15, 0.2) is 115 Å². The minimum absolute atomic E-state index is 0.808. The van der Waals surface area contributed by atoms with Crippen molar-refractivity contribution in [2.75, 3.05) is 28.3 Å². The van der Waals surface area contributed by atoms with Crippen LogP contribution in [0.5, 0.6) is 0 Å². The molecule has 4 aromatic rings. The van der Waals surface area contributed by atoms with Crippen molar-refractivity contribution in [1.82, 2.24) is 4.48 Å². The second kappa shape index (κ2) is 11.5. The molecule has 4 aromatic carbocycles. The summed E-state index contributed by atoms with van der Waals surface area (Å²) in [4.78, 5) is 0. The van der Waals surface area contributed by atoms with E-state index in [0.29, 0.717) is 0 Å². The number of quaternary nitrogens is 1. The Bertz CT molecular complexity index is 1210. The van der Waals surface area contributed by atoms with Crippen molar-refractivity contribution in [3.8, 4) is 0 Å². The topological polar surface area (TPSA) is 66.4 Å². The quantitative estimate of drug-likeness (QED) is 0.149. The summed E-state index contributed by atoms with van der Waals surface area (Å²) in [6.45, 7) is 0. The zero-order valence-electron chi connectivity index (χ0n) is 20.5. The molecule has 0 aliphatic rings. The van der Waals surface area contributed by atoms with Gasteiger partial charge in [-0.25, -0.2) is 8.42 Å². The molecule has 0 atom stereocenters. The van der Waals surface area contributed by atoms with E-state index in [1.165, 1.54) is 20.0 Å². The van der Waals surface area contributed by atoms with Gasteiger partial charge in [-0.1, -0.05) is 0 Å². The number of hydrogen-bond acceptors (Lipinski definition) is 4. The van der Waals surface area contributed by atoms with E-state index in [1.807, 2.05) is 0 Å². The van der Waals surface area contributed by atoms with Crippen molar-refractivity contribution >= 4 is 48.8 Å². The van der Waals surface area contributed by atoms with Crippen LogP contribution in [0.2, 0.25) is 0 Å². The molecule has 182 valence electrons. The van der Waals surface area contributed by atoms with Crippen LogP contribution in [-0.4, -0.2) is 59.6 Å². The fourth-order valence-corrected chi connectivity index (χ4v) is 17.8. The Morgan fingerprint density at radius 2 is 0.886 bits per heavy atom. The van der Waals surface area contributed by atoms with E-state index in [-0.39, 0.29) is 0 Å². The van der Waals surface area contributed by atoms with Gasteiger partial charge in [-0.15, -0.1) is 0 Å². The van der Waals surface area contributed by atoms with Gasteiger partial charge in [0.2, 0.25) is 10.4 Å². The summed E-state index contributed by atoms with van der Waals surface area (Å²) in [6.07, 6.45) is 0. The SMILES string of the molecule is COS(=O)(=O)[O-].C[N+](C)(C)c1cc[c]([Sn]([c]2ccccc2)([c]2ccccc2)[c]2ccccc2)cc1. The van der Waals surface area contributed by atoms with E-state index >= 15 is 0 Å². The molecule has 5 nitrogen and oxygen atoms in total. The number of hydrogen-bond donors (Lipinski definition) is 0. The van der Waals surface area contributed by atoms with Gasteiger partial charge in [-0.2, -0.15) is 0 Å². The normalized spacial score (nSPS) is 11.9. The van der Waals surface area contributed by atoms with Gasteiger partial charge in [0.1, 0.15) is 0 Å². The first-order valence-corrected chi connectivity index (χ1v) is 18.2. The molecular weight excluding hydrogens is 565 g/mol. The maximum atomic E-state index is 9.22. The Hall–Kier alpha value is -2.49. The maximum absolute atomic E-state index is 9.22. The van der Waals surface area contributed by atoms with Crippen LogP contribution in [0.25, 0.3) is 0 Å². The molecule has 0 radical (unpaired) electrons. The standard InChI is InChI=1S/C9H13N.3C6H5.CH4O4S.Sn/c1-10(2,3)9-7-5-4-6-8-9;3*1-2-4-6-5-3-1;1-5-6(2,3)4;/h5-8H,1-3H3;3*1-5H;1H3,(H,2,3,4);/q+1;;;;;/p-1. The summed E-state index contributed by atoms with van der Waals surface area (Å²) in [7, 11) is 3.05. The van der Waals surface area contributed by atoms with Crippen molar-refractivity contribution < 1.29 is 17.2 Å². The van der Waals surface area contributed by atoms with Crippen LogP contribution < -0.4 is 18.8 Å². The molecule has 4 rings (SSSR count). The molecule has 0 heterocycles. The van der Waals surface area contributed by atoms with E-state index in [9.17, 15) is 13.0 Å². The zero-order valence-corrected chi connectivity index (χ0v) is 24.1. The van der Waals surface area contributed by atoms with E-state index in [1.54, 1.807) is 0 Å². The molecule has 0 unspecified atom stereocenters. The second-order valence-electron chi connectivity index (χ2n) is 8.98. The molecule has 0 spiro atoms. The van der Waals surface area contributed by atoms with Crippen LogP contribution in [0.1, 0.15) is 0 Å². The molecule has 0 N–H and O–H groups in total. The Morgan fingerprint density at radius 1 is 0.600 bits per heavy atom. The first-order valence-electron chi connectivity index (χ1n) is 11.2. The molecule has 0 aliphatic carbocycles. The summed E-state index contributed by atoms with van der Waals surface area (Å²) in [5.41, 5.74) is 1.32. The van der Waals surface area contributed by atoms with E-state index < -0.39 is 28.8 Å². The summed E-state index contributed by atoms with van der Waals surface area (Å²) in [5, 5.41) is 0. The van der Waals surface area contributed by atoms with Crippen LogP contribution in [-0.2, 0) is 14.6 Å². The van der Waals surface area contributed by atoms with Gasteiger partial charge in [0, 0.05) is 0 Å². The number of nitrogens with zero attached hydrogens (tertiary/aromatic N) is 1. The van der Waals surface area contributed by atoms with Crippen LogP contribution in [0.4, 0.5) is 5.69 Å². The number of rotatable bonds is 6. The molecule has 0 fully saturated rings. The molecule has 0 amide bonds. The summed E-state index contributed by atoms with van der Waals surface area (Å²) < 4.78 is 37.8. The second-order valence-corrected chi connectivity index (χ2v) is 21.0. The Balaban J connectivity index is 0.000000509. The fraction of sp³-hybridized carbons (Fsp3) is 0.143. The van der Waals surface area contributed by atoms with Crippen molar-refractivity contribution in [2.45, 2.75) is 0 Å². The van der Waals surface area contributed by atoms with Gasteiger partial charge >= 0.3 is 179 Å². The summed E-state index contributed by atoms with van der Waals surface area (Å²) in [5.74, 6) is 0. The third-order valence-corrected chi connectivity index (χ3v) is 20.0. The molecule has 0 aromatic heterocycles. The average molecular weight is 596 g/mol. The first-order chi connectivity index (χ1) is 16.6. The minimum atomic E-state index is -4.41. The van der Waals surface area contributed by atoms with Gasteiger partial charge in [-0.05, 0) is 0 Å². The molecule has 0 bridgehead atoms. The van der Waals surface area contributed by atoms with Crippen LogP contribution in [0, 0.1) is 0 Å². The van der Waals surface area contributed by atoms with Crippen LogP contribution >= 0.6 is 0 Å². The van der Waals surface area contributed by atoms with Gasteiger partial charge in [0.25, 0.3) is 0 Å². The molecular formula is C28H31NO4SSn. The predicted molar refractivity (Wildman–Crippen MR) is 146 cm³/mol. The molecule has 0 saturated carbocycles. The van der Waals surface area contributed by atoms with Crippen LogP contribution in [0.3, 0.4) is 0 Å². The third-order valence-electron chi connectivity index (χ3n) is 5.90. The Kier molecular flexibility index (Phi) is 8.90. The average Bonchev–Trinajstić information content (AvgIpc) is 2.86. The zero-order chi connectivity index (χ0) is 25.5.